The maximum absolute atomic E-state index is 13.4. The van der Waals surface area contributed by atoms with E-state index in [1.54, 1.807) is 6.07 Å². The van der Waals surface area contributed by atoms with Gasteiger partial charge in [-0.25, -0.2) is 4.39 Å². The van der Waals surface area contributed by atoms with Gasteiger partial charge in [0.1, 0.15) is 5.82 Å². The van der Waals surface area contributed by atoms with Gasteiger partial charge in [0.2, 0.25) is 0 Å². The van der Waals surface area contributed by atoms with Gasteiger partial charge in [-0.05, 0) is 52.3 Å². The summed E-state index contributed by atoms with van der Waals surface area (Å²) in [7, 11) is 2.15. The van der Waals surface area contributed by atoms with E-state index in [9.17, 15) is 9.18 Å². The number of halogens is 2. The SMILES string of the molecule is CN1CCN(Cc2cccc(CNC(=O)c3cc(F)ccc3Br)c2)CC1. The molecule has 0 aromatic heterocycles. The fourth-order valence-corrected chi connectivity index (χ4v) is 3.48. The molecule has 138 valence electrons. The van der Waals surface area contributed by atoms with Crippen molar-refractivity contribution in [2.24, 2.45) is 0 Å². The fraction of sp³-hybridized carbons (Fsp3) is 0.350. The molecule has 3 rings (SSSR count). The summed E-state index contributed by atoms with van der Waals surface area (Å²) in [6, 6.07) is 12.4. The zero-order chi connectivity index (χ0) is 18.5. The van der Waals surface area contributed by atoms with Crippen molar-refractivity contribution in [1.29, 1.82) is 0 Å². The number of carbonyl (C=O) groups is 1. The molecule has 1 aliphatic heterocycles. The van der Waals surface area contributed by atoms with Gasteiger partial charge >= 0.3 is 0 Å². The third-order valence-corrected chi connectivity index (χ3v) is 5.31. The van der Waals surface area contributed by atoms with E-state index < -0.39 is 5.82 Å². The van der Waals surface area contributed by atoms with E-state index in [2.05, 4.69) is 50.2 Å². The highest BCUT2D eigenvalue weighted by Crippen LogP contribution is 2.18. The topological polar surface area (TPSA) is 35.6 Å². The van der Waals surface area contributed by atoms with E-state index in [0.29, 0.717) is 16.6 Å². The molecule has 1 N–H and O–H groups in total. The molecule has 0 spiro atoms. The van der Waals surface area contributed by atoms with Gasteiger partial charge in [-0.2, -0.15) is 0 Å². The monoisotopic (exact) mass is 419 g/mol. The third-order valence-electron chi connectivity index (χ3n) is 4.62. The van der Waals surface area contributed by atoms with E-state index in [4.69, 9.17) is 0 Å². The van der Waals surface area contributed by atoms with Crippen LogP contribution < -0.4 is 5.32 Å². The second-order valence-electron chi connectivity index (χ2n) is 6.71. The van der Waals surface area contributed by atoms with Crippen LogP contribution in [0.15, 0.2) is 46.9 Å². The predicted molar refractivity (Wildman–Crippen MR) is 104 cm³/mol. The molecule has 26 heavy (non-hydrogen) atoms. The molecule has 1 fully saturated rings. The summed E-state index contributed by atoms with van der Waals surface area (Å²) in [6.07, 6.45) is 0. The van der Waals surface area contributed by atoms with Crippen molar-refractivity contribution in [1.82, 2.24) is 15.1 Å². The summed E-state index contributed by atoms with van der Waals surface area (Å²) in [5, 5.41) is 2.86. The van der Waals surface area contributed by atoms with Crippen molar-refractivity contribution >= 4 is 21.8 Å². The Morgan fingerprint density at radius 3 is 2.62 bits per heavy atom. The van der Waals surface area contributed by atoms with Crippen LogP contribution in [0.1, 0.15) is 21.5 Å². The summed E-state index contributed by atoms with van der Waals surface area (Å²) in [6.45, 7) is 5.68. The predicted octanol–water partition coefficient (Wildman–Crippen LogP) is 3.27. The van der Waals surface area contributed by atoms with E-state index in [0.717, 1.165) is 38.3 Å². The molecule has 1 saturated heterocycles. The molecule has 0 atom stereocenters. The van der Waals surface area contributed by atoms with Gasteiger partial charge in [0.05, 0.1) is 5.56 Å². The van der Waals surface area contributed by atoms with Gasteiger partial charge < -0.3 is 10.2 Å². The summed E-state index contributed by atoms with van der Waals surface area (Å²) < 4.78 is 13.9. The minimum atomic E-state index is -0.424. The fourth-order valence-electron chi connectivity index (χ4n) is 3.05. The lowest BCUT2D eigenvalue weighted by Gasteiger charge is -2.32. The van der Waals surface area contributed by atoms with E-state index in [1.165, 1.54) is 17.7 Å². The van der Waals surface area contributed by atoms with Crippen LogP contribution in [0.5, 0.6) is 0 Å². The lowest BCUT2D eigenvalue weighted by Crippen LogP contribution is -2.43. The summed E-state index contributed by atoms with van der Waals surface area (Å²) in [5.74, 6) is -0.714. The minimum Gasteiger partial charge on any atom is -0.348 e. The smallest absolute Gasteiger partial charge is 0.252 e. The molecule has 2 aromatic carbocycles. The number of piperazine rings is 1. The average molecular weight is 420 g/mol. The number of benzene rings is 2. The van der Waals surface area contributed by atoms with Crippen molar-refractivity contribution in [3.05, 3.63) is 69.4 Å². The first kappa shape index (κ1) is 19.0. The molecule has 0 aliphatic carbocycles. The average Bonchev–Trinajstić information content (AvgIpc) is 2.64. The zero-order valence-corrected chi connectivity index (χ0v) is 16.4. The Kier molecular flexibility index (Phi) is 6.40. The highest BCUT2D eigenvalue weighted by Gasteiger charge is 2.14. The van der Waals surface area contributed by atoms with Gasteiger partial charge in [0.15, 0.2) is 0 Å². The molecule has 2 aromatic rings. The molecule has 0 saturated carbocycles. The highest BCUT2D eigenvalue weighted by molar-refractivity contribution is 9.10. The Balaban J connectivity index is 1.58. The van der Waals surface area contributed by atoms with Crippen molar-refractivity contribution in [2.45, 2.75) is 13.1 Å². The summed E-state index contributed by atoms with van der Waals surface area (Å²) >= 11 is 3.29. The van der Waals surface area contributed by atoms with Crippen LogP contribution in [-0.2, 0) is 13.1 Å². The maximum Gasteiger partial charge on any atom is 0.252 e. The molecule has 1 heterocycles. The van der Waals surface area contributed by atoms with E-state index in [-0.39, 0.29) is 5.91 Å². The lowest BCUT2D eigenvalue weighted by atomic mass is 10.1. The van der Waals surface area contributed by atoms with Gasteiger partial charge in [0.25, 0.3) is 5.91 Å². The molecular weight excluding hydrogens is 397 g/mol. The molecule has 0 bridgehead atoms. The molecule has 0 radical (unpaired) electrons. The van der Waals surface area contributed by atoms with E-state index >= 15 is 0 Å². The zero-order valence-electron chi connectivity index (χ0n) is 14.8. The first-order chi connectivity index (χ1) is 12.5. The van der Waals surface area contributed by atoms with Crippen LogP contribution in [0.4, 0.5) is 4.39 Å². The quantitative estimate of drug-likeness (QED) is 0.807. The van der Waals surface area contributed by atoms with Crippen molar-refractivity contribution in [3.8, 4) is 0 Å². The third kappa shape index (κ3) is 5.13. The standard InChI is InChI=1S/C20H23BrFN3O/c1-24-7-9-25(10-8-24)14-16-4-2-3-15(11-16)13-23-20(26)18-12-17(22)5-6-19(18)21/h2-6,11-12H,7-10,13-14H2,1H3,(H,23,26). The maximum atomic E-state index is 13.4. The summed E-state index contributed by atoms with van der Waals surface area (Å²) in [5.41, 5.74) is 2.59. The van der Waals surface area contributed by atoms with Crippen LogP contribution >= 0.6 is 15.9 Å². The minimum absolute atomic E-state index is 0.291. The number of nitrogens with zero attached hydrogens (tertiary/aromatic N) is 2. The second kappa shape index (κ2) is 8.75. The Hall–Kier alpha value is -1.76. The number of hydrogen-bond acceptors (Lipinski definition) is 3. The van der Waals surface area contributed by atoms with Crippen LogP contribution in [0.2, 0.25) is 0 Å². The molecular formula is C20H23BrFN3O. The lowest BCUT2D eigenvalue weighted by molar-refractivity contribution is 0.0949. The number of rotatable bonds is 5. The molecule has 6 heteroatoms. The largest absolute Gasteiger partial charge is 0.348 e. The Morgan fingerprint density at radius 2 is 1.85 bits per heavy atom. The van der Waals surface area contributed by atoms with Gasteiger partial charge in [0, 0.05) is 43.7 Å². The molecule has 0 unspecified atom stereocenters. The van der Waals surface area contributed by atoms with Gasteiger partial charge in [-0.3, -0.25) is 9.69 Å². The van der Waals surface area contributed by atoms with Crippen molar-refractivity contribution < 1.29 is 9.18 Å². The number of likely N-dealkylation sites (N-methyl/N-ethyl adjacent to an activating group) is 1. The number of hydrogen-bond donors (Lipinski definition) is 1. The van der Waals surface area contributed by atoms with Crippen LogP contribution in [-0.4, -0.2) is 48.9 Å². The summed E-state index contributed by atoms with van der Waals surface area (Å²) in [4.78, 5) is 17.1. The molecule has 1 aliphatic rings. The number of carbonyl (C=O) groups excluding carboxylic acids is 1. The van der Waals surface area contributed by atoms with Gasteiger partial charge in [-0.15, -0.1) is 0 Å². The second-order valence-corrected chi connectivity index (χ2v) is 7.56. The first-order valence-electron chi connectivity index (χ1n) is 8.73. The molecule has 4 nitrogen and oxygen atoms in total. The van der Waals surface area contributed by atoms with Crippen molar-refractivity contribution in [2.75, 3.05) is 33.2 Å². The highest BCUT2D eigenvalue weighted by atomic mass is 79.9. The van der Waals surface area contributed by atoms with Crippen molar-refractivity contribution in [3.63, 3.8) is 0 Å². The Morgan fingerprint density at radius 1 is 1.12 bits per heavy atom. The Bertz CT molecular complexity index is 775. The van der Waals surface area contributed by atoms with Gasteiger partial charge in [-0.1, -0.05) is 24.3 Å². The number of amides is 1. The normalized spacial score (nSPS) is 15.8. The van der Waals surface area contributed by atoms with Crippen LogP contribution in [0.25, 0.3) is 0 Å². The molecule has 1 amide bonds. The Labute approximate surface area is 162 Å². The van der Waals surface area contributed by atoms with Crippen LogP contribution in [0.3, 0.4) is 0 Å². The number of nitrogens with one attached hydrogen (secondary N) is 1. The van der Waals surface area contributed by atoms with E-state index in [1.807, 2.05) is 12.1 Å². The van der Waals surface area contributed by atoms with Crippen LogP contribution in [0, 0.1) is 5.82 Å². The first-order valence-corrected chi connectivity index (χ1v) is 9.52.